The Bertz CT molecular complexity index is 1940. The number of para-hydroxylation sites is 1. The molecule has 0 bridgehead atoms. The number of halogens is 1. The van der Waals surface area contributed by atoms with Crippen LogP contribution in [0.25, 0.3) is 21.0 Å². The lowest BCUT2D eigenvalue weighted by molar-refractivity contribution is -0.131. The van der Waals surface area contributed by atoms with Crippen LogP contribution in [-0.4, -0.2) is 78.8 Å². The topological polar surface area (TPSA) is 88.8 Å². The van der Waals surface area contributed by atoms with Crippen LogP contribution in [0.1, 0.15) is 33.6 Å². The molecular formula is C38H40ClN5O3S. The zero-order valence-electron chi connectivity index (χ0n) is 27.2. The number of H-pyrrole nitrogens is 1. The Kier molecular flexibility index (Phi) is 9.27. The van der Waals surface area contributed by atoms with Gasteiger partial charge in [0.25, 0.3) is 5.91 Å². The van der Waals surface area contributed by atoms with Gasteiger partial charge in [-0.25, -0.2) is 0 Å². The van der Waals surface area contributed by atoms with E-state index in [2.05, 4.69) is 15.2 Å². The number of nitrogens with zero attached hydrogens (tertiary/aromatic N) is 3. The number of likely N-dealkylation sites (tertiary alicyclic amines) is 1. The van der Waals surface area contributed by atoms with Crippen LogP contribution >= 0.6 is 22.9 Å². The van der Waals surface area contributed by atoms with Crippen molar-refractivity contribution in [2.75, 3.05) is 45.2 Å². The molecular weight excluding hydrogens is 642 g/mol. The van der Waals surface area contributed by atoms with Crippen molar-refractivity contribution in [3.63, 3.8) is 0 Å². The van der Waals surface area contributed by atoms with E-state index in [9.17, 15) is 14.4 Å². The first-order chi connectivity index (χ1) is 23.2. The van der Waals surface area contributed by atoms with Gasteiger partial charge in [0, 0.05) is 71.0 Å². The predicted molar refractivity (Wildman–Crippen MR) is 194 cm³/mol. The Hall–Kier alpha value is -4.18. The maximum Gasteiger partial charge on any atom is 0.263 e. The van der Waals surface area contributed by atoms with Gasteiger partial charge in [-0.3, -0.25) is 14.4 Å². The summed E-state index contributed by atoms with van der Waals surface area (Å²) >= 11 is 7.92. The highest BCUT2D eigenvalue weighted by atomic mass is 35.5. The third-order valence-corrected chi connectivity index (χ3v) is 11.0. The summed E-state index contributed by atoms with van der Waals surface area (Å²) in [5.41, 5.74) is 3.86. The number of carbonyl (C=O) groups is 3. The van der Waals surface area contributed by atoms with E-state index >= 15 is 0 Å². The first-order valence-corrected chi connectivity index (χ1v) is 17.8. The minimum atomic E-state index is -0.767. The lowest BCUT2D eigenvalue weighted by Crippen LogP contribution is -2.54. The molecule has 2 aliphatic rings. The number of thiophene rings is 1. The minimum Gasteiger partial charge on any atom is -0.361 e. The molecule has 7 rings (SSSR count). The Morgan fingerprint density at radius 2 is 1.79 bits per heavy atom. The quantitative estimate of drug-likeness (QED) is 0.199. The van der Waals surface area contributed by atoms with E-state index in [1.54, 1.807) is 0 Å². The molecule has 2 N–H and O–H groups in total. The minimum absolute atomic E-state index is 0.0126. The number of hydrogen-bond acceptors (Lipinski definition) is 5. The molecule has 1 saturated heterocycles. The molecule has 2 aliphatic heterocycles. The van der Waals surface area contributed by atoms with Crippen LogP contribution in [0.2, 0.25) is 5.02 Å². The van der Waals surface area contributed by atoms with Crippen LogP contribution in [-0.2, 0) is 22.4 Å². The molecule has 0 aliphatic carbocycles. The number of rotatable bonds is 8. The second-order valence-corrected chi connectivity index (χ2v) is 14.9. The number of fused-ring (bicyclic) bond motifs is 3. The van der Waals surface area contributed by atoms with E-state index < -0.39 is 6.04 Å². The molecule has 8 nitrogen and oxygen atoms in total. The Morgan fingerprint density at radius 3 is 2.58 bits per heavy atom. The van der Waals surface area contributed by atoms with Crippen molar-refractivity contribution in [1.29, 1.82) is 0 Å². The van der Waals surface area contributed by atoms with Gasteiger partial charge >= 0.3 is 0 Å². The second kappa shape index (κ2) is 13.7. The van der Waals surface area contributed by atoms with E-state index in [0.717, 1.165) is 55.6 Å². The van der Waals surface area contributed by atoms with Gasteiger partial charge < -0.3 is 25.0 Å². The van der Waals surface area contributed by atoms with Gasteiger partial charge in [-0.15, -0.1) is 11.3 Å². The van der Waals surface area contributed by atoms with Gasteiger partial charge in [0.15, 0.2) is 0 Å². The Labute approximate surface area is 289 Å². The van der Waals surface area contributed by atoms with E-state index in [0.29, 0.717) is 43.9 Å². The number of carbonyl (C=O) groups excluding carboxylic acids is 3. The third-order valence-electron chi connectivity index (χ3n) is 9.67. The lowest BCUT2D eigenvalue weighted by atomic mass is 9.90. The standard InChI is InChI=1S/C38H40ClN5O3S/c1-42(2)22-24-17-27-18-29(39)11-12-33(27)44(23-24)37(46)32(19-28-21-40-31-9-5-4-8-30(28)31)41-36(45)25-13-15-43(16-14-25)38(47)35-20-26-7-3-6-10-34(26)48-35/h3-12,18,20-21,24-25,32,40H,13-17,19,22-23H2,1-2H3,(H,41,45)/t24?,32-/m1/s1. The van der Waals surface area contributed by atoms with Gasteiger partial charge in [-0.1, -0.05) is 48.0 Å². The van der Waals surface area contributed by atoms with Crippen LogP contribution in [0.3, 0.4) is 0 Å². The summed E-state index contributed by atoms with van der Waals surface area (Å²) in [6, 6.07) is 22.9. The predicted octanol–water partition coefficient (Wildman–Crippen LogP) is 6.38. The maximum absolute atomic E-state index is 14.6. The molecule has 0 spiro atoms. The smallest absolute Gasteiger partial charge is 0.263 e. The van der Waals surface area contributed by atoms with E-state index in [1.165, 1.54) is 11.3 Å². The number of aromatic amines is 1. The zero-order chi connectivity index (χ0) is 33.4. The molecule has 10 heteroatoms. The van der Waals surface area contributed by atoms with Crippen molar-refractivity contribution in [2.24, 2.45) is 11.8 Å². The fourth-order valence-corrected chi connectivity index (χ4v) is 8.57. The monoisotopic (exact) mass is 681 g/mol. The highest BCUT2D eigenvalue weighted by Crippen LogP contribution is 2.34. The van der Waals surface area contributed by atoms with Crippen LogP contribution in [0.4, 0.5) is 5.69 Å². The summed E-state index contributed by atoms with van der Waals surface area (Å²) in [6.07, 6.45) is 4.22. The molecule has 5 aromatic rings. The summed E-state index contributed by atoms with van der Waals surface area (Å²) in [4.78, 5) is 51.8. The molecule has 2 atom stereocenters. The number of hydrogen-bond donors (Lipinski definition) is 2. The lowest BCUT2D eigenvalue weighted by Gasteiger charge is -2.38. The molecule has 3 amide bonds. The van der Waals surface area contributed by atoms with Crippen LogP contribution in [0.15, 0.2) is 79.0 Å². The highest BCUT2D eigenvalue weighted by molar-refractivity contribution is 7.20. The SMILES string of the molecule is CN(C)CC1Cc2cc(Cl)ccc2N(C(=O)[C@@H](Cc2c[nH]c3ccccc23)NC(=O)C2CCN(C(=O)c3cc4ccccc4s3)CC2)C1. The average molecular weight is 682 g/mol. The van der Waals surface area contributed by atoms with Gasteiger partial charge in [0.05, 0.1) is 4.88 Å². The fraction of sp³-hybridized carbons (Fsp3) is 0.342. The van der Waals surface area contributed by atoms with Crippen LogP contribution < -0.4 is 10.2 Å². The number of anilines is 1. The summed E-state index contributed by atoms with van der Waals surface area (Å²) < 4.78 is 1.09. The number of nitrogens with one attached hydrogen (secondary N) is 2. The van der Waals surface area contributed by atoms with Gasteiger partial charge in [-0.05, 0) is 92.2 Å². The Balaban J connectivity index is 1.10. The van der Waals surface area contributed by atoms with Crippen LogP contribution in [0, 0.1) is 11.8 Å². The number of piperidine rings is 1. The summed E-state index contributed by atoms with van der Waals surface area (Å²) in [5, 5.41) is 5.95. The molecule has 48 heavy (non-hydrogen) atoms. The molecule has 3 aromatic carbocycles. The largest absolute Gasteiger partial charge is 0.361 e. The van der Waals surface area contributed by atoms with Gasteiger partial charge in [-0.2, -0.15) is 0 Å². The number of benzene rings is 3. The summed E-state index contributed by atoms with van der Waals surface area (Å²) in [5.74, 6) is -0.317. The number of aromatic nitrogens is 1. The molecule has 0 radical (unpaired) electrons. The first-order valence-electron chi connectivity index (χ1n) is 16.6. The fourth-order valence-electron chi connectivity index (χ4n) is 7.35. The highest BCUT2D eigenvalue weighted by Gasteiger charge is 2.36. The normalized spacial score (nSPS) is 17.5. The van der Waals surface area contributed by atoms with Gasteiger partial charge in [0.1, 0.15) is 6.04 Å². The molecule has 248 valence electrons. The van der Waals surface area contributed by atoms with Crippen molar-refractivity contribution >= 4 is 67.3 Å². The van der Waals surface area contributed by atoms with Crippen molar-refractivity contribution in [3.05, 3.63) is 100 Å². The molecule has 0 saturated carbocycles. The van der Waals surface area contributed by atoms with Crippen LogP contribution in [0.5, 0.6) is 0 Å². The van der Waals surface area contributed by atoms with Crippen molar-refractivity contribution in [1.82, 2.24) is 20.1 Å². The second-order valence-electron chi connectivity index (χ2n) is 13.4. The van der Waals surface area contributed by atoms with Crippen molar-refractivity contribution in [2.45, 2.75) is 31.7 Å². The van der Waals surface area contributed by atoms with E-state index in [1.807, 2.05) is 103 Å². The number of amides is 3. The van der Waals surface area contributed by atoms with Crippen molar-refractivity contribution in [3.8, 4) is 0 Å². The molecule has 4 heterocycles. The molecule has 1 fully saturated rings. The van der Waals surface area contributed by atoms with Gasteiger partial charge in [0.2, 0.25) is 11.8 Å². The molecule has 2 aromatic heterocycles. The maximum atomic E-state index is 14.6. The Morgan fingerprint density at radius 1 is 1.02 bits per heavy atom. The summed E-state index contributed by atoms with van der Waals surface area (Å²) in [6.45, 7) is 2.38. The first kappa shape index (κ1) is 32.4. The van der Waals surface area contributed by atoms with E-state index in [4.69, 9.17) is 11.6 Å². The third kappa shape index (κ3) is 6.72. The molecule has 1 unspecified atom stereocenters. The summed E-state index contributed by atoms with van der Waals surface area (Å²) in [7, 11) is 4.09. The zero-order valence-corrected chi connectivity index (χ0v) is 28.8. The van der Waals surface area contributed by atoms with E-state index in [-0.39, 0.29) is 29.6 Å². The average Bonchev–Trinajstić information content (AvgIpc) is 3.71. The van der Waals surface area contributed by atoms with Crippen molar-refractivity contribution < 1.29 is 14.4 Å².